The zero-order chi connectivity index (χ0) is 17.5. The molecular weight excluding hydrogens is 305 g/mol. The van der Waals surface area contributed by atoms with E-state index in [9.17, 15) is 18.0 Å². The summed E-state index contributed by atoms with van der Waals surface area (Å²) in [4.78, 5) is 11.9. The predicted octanol–water partition coefficient (Wildman–Crippen LogP) is 5.03. The van der Waals surface area contributed by atoms with Crippen LogP contribution in [0.3, 0.4) is 0 Å². The van der Waals surface area contributed by atoms with E-state index in [1.165, 1.54) is 6.07 Å². The van der Waals surface area contributed by atoms with Gasteiger partial charge in [-0.15, -0.1) is 0 Å². The minimum absolute atomic E-state index is 0.0373. The number of rotatable bonds is 7. The molecule has 0 saturated carbocycles. The minimum atomic E-state index is -4.38. The van der Waals surface area contributed by atoms with Gasteiger partial charge in [0.15, 0.2) is 0 Å². The van der Waals surface area contributed by atoms with Crippen molar-refractivity contribution in [3.05, 3.63) is 35.4 Å². The first-order valence-corrected chi connectivity index (χ1v) is 7.98. The number of carbonyl (C=O) groups excluding carboxylic acids is 1. The Hall–Kier alpha value is -1.72. The number of amides is 2. The fourth-order valence-corrected chi connectivity index (χ4v) is 2.30. The average Bonchev–Trinajstić information content (AvgIpc) is 2.46. The number of halogens is 3. The van der Waals surface area contributed by atoms with Gasteiger partial charge in [0.1, 0.15) is 0 Å². The van der Waals surface area contributed by atoms with Gasteiger partial charge in [-0.25, -0.2) is 4.79 Å². The Morgan fingerprint density at radius 1 is 1.17 bits per heavy atom. The highest BCUT2D eigenvalue weighted by molar-refractivity contribution is 5.74. The van der Waals surface area contributed by atoms with Crippen LogP contribution in [0.4, 0.5) is 18.0 Å². The molecule has 0 heterocycles. The summed E-state index contributed by atoms with van der Waals surface area (Å²) in [6, 6.07) is 4.18. The SMILES string of the molecule is CCCCCC(C)NC(=O)NC(C)c1cccc(C(F)(F)F)c1. The van der Waals surface area contributed by atoms with Crippen molar-refractivity contribution in [3.63, 3.8) is 0 Å². The first-order valence-electron chi connectivity index (χ1n) is 7.98. The molecule has 0 aliphatic heterocycles. The van der Waals surface area contributed by atoms with E-state index >= 15 is 0 Å². The van der Waals surface area contributed by atoms with Crippen LogP contribution in [0.25, 0.3) is 0 Å². The maximum absolute atomic E-state index is 12.7. The summed E-state index contributed by atoms with van der Waals surface area (Å²) in [5, 5.41) is 5.49. The van der Waals surface area contributed by atoms with Crippen LogP contribution >= 0.6 is 0 Å². The summed E-state index contributed by atoms with van der Waals surface area (Å²) in [6.07, 6.45) is -0.216. The molecule has 3 nitrogen and oxygen atoms in total. The zero-order valence-corrected chi connectivity index (χ0v) is 13.8. The van der Waals surface area contributed by atoms with Gasteiger partial charge >= 0.3 is 12.2 Å². The van der Waals surface area contributed by atoms with E-state index in [-0.39, 0.29) is 12.1 Å². The number of unbranched alkanes of at least 4 members (excludes halogenated alkanes) is 2. The third-order valence-corrected chi connectivity index (χ3v) is 3.68. The van der Waals surface area contributed by atoms with Crippen molar-refractivity contribution < 1.29 is 18.0 Å². The van der Waals surface area contributed by atoms with Crippen molar-refractivity contribution in [1.29, 1.82) is 0 Å². The summed E-state index contributed by atoms with van der Waals surface area (Å²) in [5.74, 6) is 0. The highest BCUT2D eigenvalue weighted by atomic mass is 19.4. The van der Waals surface area contributed by atoms with Gasteiger partial charge in [0.2, 0.25) is 0 Å². The third kappa shape index (κ3) is 6.93. The molecule has 2 amide bonds. The van der Waals surface area contributed by atoms with Crippen molar-refractivity contribution in [3.8, 4) is 0 Å². The van der Waals surface area contributed by atoms with E-state index in [0.29, 0.717) is 5.56 Å². The first kappa shape index (κ1) is 19.3. The van der Waals surface area contributed by atoms with Gasteiger partial charge in [-0.3, -0.25) is 0 Å². The quantitative estimate of drug-likeness (QED) is 0.676. The molecule has 0 radical (unpaired) electrons. The summed E-state index contributed by atoms with van der Waals surface area (Å²) in [7, 11) is 0. The van der Waals surface area contributed by atoms with Gasteiger partial charge in [0, 0.05) is 6.04 Å². The Labute approximate surface area is 135 Å². The first-order chi connectivity index (χ1) is 10.7. The number of benzene rings is 1. The second kappa shape index (κ2) is 8.79. The van der Waals surface area contributed by atoms with Gasteiger partial charge in [-0.2, -0.15) is 13.2 Å². The molecule has 1 rings (SSSR count). The monoisotopic (exact) mass is 330 g/mol. The van der Waals surface area contributed by atoms with E-state index in [0.717, 1.165) is 37.8 Å². The molecule has 0 aromatic heterocycles. The van der Waals surface area contributed by atoms with E-state index < -0.39 is 17.8 Å². The zero-order valence-electron chi connectivity index (χ0n) is 13.8. The van der Waals surface area contributed by atoms with E-state index in [4.69, 9.17) is 0 Å². The van der Waals surface area contributed by atoms with Crippen LogP contribution in [-0.4, -0.2) is 12.1 Å². The van der Waals surface area contributed by atoms with E-state index in [2.05, 4.69) is 17.6 Å². The van der Waals surface area contributed by atoms with Crippen LogP contribution in [0, 0.1) is 0 Å². The minimum Gasteiger partial charge on any atom is -0.336 e. The van der Waals surface area contributed by atoms with Gasteiger partial charge in [-0.05, 0) is 38.0 Å². The van der Waals surface area contributed by atoms with E-state index in [1.54, 1.807) is 13.0 Å². The van der Waals surface area contributed by atoms with Crippen molar-refractivity contribution in [1.82, 2.24) is 10.6 Å². The number of hydrogen-bond acceptors (Lipinski definition) is 1. The number of urea groups is 1. The topological polar surface area (TPSA) is 41.1 Å². The molecule has 1 aromatic carbocycles. The lowest BCUT2D eigenvalue weighted by molar-refractivity contribution is -0.137. The van der Waals surface area contributed by atoms with E-state index in [1.807, 2.05) is 6.92 Å². The van der Waals surface area contributed by atoms with Crippen LogP contribution in [-0.2, 0) is 6.18 Å². The van der Waals surface area contributed by atoms with Gasteiger partial charge in [-0.1, -0.05) is 38.3 Å². The number of alkyl halides is 3. The van der Waals surface area contributed by atoms with Gasteiger partial charge < -0.3 is 10.6 Å². The molecule has 0 aliphatic rings. The standard InChI is InChI=1S/C17H25F3N2O/c1-4-5-6-8-12(2)21-16(23)22-13(3)14-9-7-10-15(11-14)17(18,19)20/h7,9-13H,4-6,8H2,1-3H3,(H2,21,22,23). The van der Waals surface area contributed by atoms with Crippen molar-refractivity contribution in [2.24, 2.45) is 0 Å². The molecule has 6 heteroatoms. The number of hydrogen-bond donors (Lipinski definition) is 2. The normalized spacial score (nSPS) is 14.2. The van der Waals surface area contributed by atoms with Crippen LogP contribution in [0.15, 0.2) is 24.3 Å². The highest BCUT2D eigenvalue weighted by Gasteiger charge is 2.30. The largest absolute Gasteiger partial charge is 0.416 e. The van der Waals surface area contributed by atoms with Crippen molar-refractivity contribution >= 4 is 6.03 Å². The fraction of sp³-hybridized carbons (Fsp3) is 0.588. The van der Waals surface area contributed by atoms with Crippen LogP contribution in [0.2, 0.25) is 0 Å². The number of carbonyl (C=O) groups is 1. The molecule has 2 atom stereocenters. The number of nitrogens with one attached hydrogen (secondary N) is 2. The highest BCUT2D eigenvalue weighted by Crippen LogP contribution is 2.30. The van der Waals surface area contributed by atoms with Gasteiger partial charge in [0.05, 0.1) is 11.6 Å². The Morgan fingerprint density at radius 3 is 2.48 bits per heavy atom. The summed E-state index contributed by atoms with van der Waals surface area (Å²) in [5.41, 5.74) is -0.286. The Bertz CT molecular complexity index is 503. The lowest BCUT2D eigenvalue weighted by Gasteiger charge is -2.19. The molecule has 0 spiro atoms. The molecule has 0 aliphatic carbocycles. The van der Waals surface area contributed by atoms with Crippen LogP contribution in [0.1, 0.15) is 63.6 Å². The second-order valence-corrected chi connectivity index (χ2v) is 5.86. The molecule has 23 heavy (non-hydrogen) atoms. The summed E-state index contributed by atoms with van der Waals surface area (Å²) < 4.78 is 38.1. The fourth-order valence-electron chi connectivity index (χ4n) is 2.30. The third-order valence-electron chi connectivity index (χ3n) is 3.68. The van der Waals surface area contributed by atoms with Crippen LogP contribution < -0.4 is 10.6 Å². The Balaban J connectivity index is 2.55. The average molecular weight is 330 g/mol. The molecule has 2 N–H and O–H groups in total. The summed E-state index contributed by atoms with van der Waals surface area (Å²) >= 11 is 0. The van der Waals surface area contributed by atoms with Crippen molar-refractivity contribution in [2.45, 2.75) is 64.7 Å². The molecule has 0 bridgehead atoms. The second-order valence-electron chi connectivity index (χ2n) is 5.86. The van der Waals surface area contributed by atoms with Gasteiger partial charge in [0.25, 0.3) is 0 Å². The summed E-state index contributed by atoms with van der Waals surface area (Å²) in [6.45, 7) is 5.70. The molecule has 2 unspecified atom stereocenters. The Kier molecular flexibility index (Phi) is 7.39. The molecular formula is C17H25F3N2O. The lowest BCUT2D eigenvalue weighted by Crippen LogP contribution is -2.41. The maximum atomic E-state index is 12.7. The van der Waals surface area contributed by atoms with Crippen LogP contribution in [0.5, 0.6) is 0 Å². The van der Waals surface area contributed by atoms with Crippen molar-refractivity contribution in [2.75, 3.05) is 0 Å². The molecule has 0 saturated heterocycles. The maximum Gasteiger partial charge on any atom is 0.416 e. The Morgan fingerprint density at radius 2 is 1.87 bits per heavy atom. The predicted molar refractivity (Wildman–Crippen MR) is 85.1 cm³/mol. The lowest BCUT2D eigenvalue weighted by atomic mass is 10.1. The smallest absolute Gasteiger partial charge is 0.336 e. The molecule has 1 aromatic rings. The molecule has 130 valence electrons. The molecule has 0 fully saturated rings.